The van der Waals surface area contributed by atoms with Gasteiger partial charge in [-0.15, -0.1) is 0 Å². The molecular weight excluding hydrogens is 331 g/mol. The van der Waals surface area contributed by atoms with Crippen molar-refractivity contribution in [3.63, 3.8) is 0 Å². The average molecular weight is 362 g/mol. The maximum Gasteiger partial charge on any atom is 0.225 e. The van der Waals surface area contributed by atoms with Crippen LogP contribution in [0.15, 0.2) is 24.3 Å². The van der Waals surface area contributed by atoms with Crippen molar-refractivity contribution in [2.45, 2.75) is 64.8 Å². The molecule has 0 aliphatic carbocycles. The zero-order valence-corrected chi connectivity index (χ0v) is 16.0. The first-order valence-electron chi connectivity index (χ1n) is 9.82. The van der Waals surface area contributed by atoms with Gasteiger partial charge in [0.05, 0.1) is 5.92 Å². The quantitative estimate of drug-likeness (QED) is 0.645. The highest BCUT2D eigenvalue weighted by molar-refractivity contribution is 5.89. The van der Waals surface area contributed by atoms with Crippen LogP contribution in [0.3, 0.4) is 0 Å². The zero-order chi connectivity index (χ0) is 18.9. The highest BCUT2D eigenvalue weighted by Gasteiger charge is 2.34. The second-order valence-corrected chi connectivity index (χ2v) is 7.38. The number of hydrogen-bond acceptors (Lipinski definition) is 2. The van der Waals surface area contributed by atoms with E-state index in [4.69, 9.17) is 0 Å². The average Bonchev–Trinajstić information content (AvgIpc) is 2.99. The number of carbonyl (C=O) groups excluding carboxylic acids is 2. The number of carbonyl (C=O) groups is 2. The van der Waals surface area contributed by atoms with E-state index in [1.807, 2.05) is 6.92 Å². The Morgan fingerprint density at radius 1 is 1.27 bits per heavy atom. The van der Waals surface area contributed by atoms with Crippen molar-refractivity contribution in [1.29, 1.82) is 0 Å². The third kappa shape index (κ3) is 6.43. The Bertz CT molecular complexity index is 588. The predicted molar refractivity (Wildman–Crippen MR) is 101 cm³/mol. The summed E-state index contributed by atoms with van der Waals surface area (Å²) in [6.07, 6.45) is 6.73. The molecule has 5 heteroatoms. The third-order valence-electron chi connectivity index (χ3n) is 5.05. The second-order valence-electron chi connectivity index (χ2n) is 7.38. The lowest BCUT2D eigenvalue weighted by atomic mass is 10.1. The van der Waals surface area contributed by atoms with Gasteiger partial charge in [-0.3, -0.25) is 9.59 Å². The lowest BCUT2D eigenvalue weighted by Crippen LogP contribution is -2.38. The fourth-order valence-corrected chi connectivity index (χ4v) is 3.39. The van der Waals surface area contributed by atoms with Crippen LogP contribution in [-0.2, 0) is 16.0 Å². The molecule has 2 amide bonds. The summed E-state index contributed by atoms with van der Waals surface area (Å²) in [5, 5.41) is 3.06. The van der Waals surface area contributed by atoms with Crippen molar-refractivity contribution in [2.24, 2.45) is 5.92 Å². The van der Waals surface area contributed by atoms with Crippen molar-refractivity contribution >= 4 is 11.8 Å². The zero-order valence-electron chi connectivity index (χ0n) is 16.0. The van der Waals surface area contributed by atoms with Gasteiger partial charge in [0, 0.05) is 25.6 Å². The summed E-state index contributed by atoms with van der Waals surface area (Å²) in [5.74, 6) is -0.492. The van der Waals surface area contributed by atoms with Crippen LogP contribution in [-0.4, -0.2) is 35.8 Å². The molecule has 0 radical (unpaired) electrons. The number of hydrogen-bond donors (Lipinski definition) is 1. The molecule has 2 rings (SSSR count). The first kappa shape index (κ1) is 20.4. The van der Waals surface area contributed by atoms with E-state index in [1.54, 1.807) is 17.0 Å². The van der Waals surface area contributed by atoms with E-state index in [1.165, 1.54) is 31.4 Å². The molecule has 1 N–H and O–H groups in total. The largest absolute Gasteiger partial charge is 0.353 e. The molecule has 1 aliphatic heterocycles. The van der Waals surface area contributed by atoms with Crippen molar-refractivity contribution in [3.8, 4) is 0 Å². The number of nitrogens with one attached hydrogen (secondary N) is 1. The van der Waals surface area contributed by atoms with E-state index >= 15 is 0 Å². The van der Waals surface area contributed by atoms with Gasteiger partial charge < -0.3 is 10.2 Å². The molecule has 1 saturated heterocycles. The van der Waals surface area contributed by atoms with E-state index in [2.05, 4.69) is 12.2 Å². The van der Waals surface area contributed by atoms with Crippen LogP contribution in [0.4, 0.5) is 4.39 Å². The van der Waals surface area contributed by atoms with Gasteiger partial charge >= 0.3 is 0 Å². The Morgan fingerprint density at radius 3 is 2.69 bits per heavy atom. The topological polar surface area (TPSA) is 49.4 Å². The van der Waals surface area contributed by atoms with Gasteiger partial charge in [-0.2, -0.15) is 0 Å². The van der Waals surface area contributed by atoms with Crippen LogP contribution in [0.5, 0.6) is 0 Å². The third-order valence-corrected chi connectivity index (χ3v) is 5.05. The van der Waals surface area contributed by atoms with Crippen molar-refractivity contribution in [3.05, 3.63) is 35.6 Å². The minimum atomic E-state index is -0.258. The molecule has 0 saturated carbocycles. The van der Waals surface area contributed by atoms with Crippen LogP contribution < -0.4 is 5.32 Å². The molecule has 1 aliphatic rings. The monoisotopic (exact) mass is 362 g/mol. The molecule has 0 unspecified atom stereocenters. The van der Waals surface area contributed by atoms with E-state index in [-0.39, 0.29) is 36.0 Å². The van der Waals surface area contributed by atoms with Crippen molar-refractivity contribution in [2.75, 3.05) is 13.1 Å². The molecule has 0 aromatic heterocycles. The maximum absolute atomic E-state index is 12.9. The minimum absolute atomic E-state index is 0.00868. The number of rotatable bonds is 10. The number of benzene rings is 1. The van der Waals surface area contributed by atoms with Gasteiger partial charge in [0.1, 0.15) is 5.82 Å². The molecule has 1 heterocycles. The minimum Gasteiger partial charge on any atom is -0.353 e. The van der Waals surface area contributed by atoms with E-state index in [9.17, 15) is 14.0 Å². The number of halogens is 1. The Labute approximate surface area is 156 Å². The summed E-state index contributed by atoms with van der Waals surface area (Å²) in [4.78, 5) is 26.3. The van der Waals surface area contributed by atoms with Crippen molar-refractivity contribution < 1.29 is 14.0 Å². The maximum atomic E-state index is 12.9. The Balaban J connectivity index is 1.73. The van der Waals surface area contributed by atoms with Crippen LogP contribution in [0.1, 0.15) is 57.9 Å². The van der Waals surface area contributed by atoms with E-state index < -0.39 is 0 Å². The molecule has 0 bridgehead atoms. The number of nitrogens with zero attached hydrogens (tertiary/aromatic N) is 1. The molecule has 2 atom stereocenters. The highest BCUT2D eigenvalue weighted by Crippen LogP contribution is 2.19. The molecule has 144 valence electrons. The van der Waals surface area contributed by atoms with Gasteiger partial charge in [0.2, 0.25) is 11.8 Å². The first-order chi connectivity index (χ1) is 12.5. The summed E-state index contributed by atoms with van der Waals surface area (Å²) in [5.41, 5.74) is 0.993. The second kappa shape index (κ2) is 10.3. The van der Waals surface area contributed by atoms with E-state index in [0.717, 1.165) is 18.4 Å². The lowest BCUT2D eigenvalue weighted by molar-refractivity contribution is -0.129. The fraction of sp³-hybridized carbons (Fsp3) is 0.619. The van der Waals surface area contributed by atoms with Crippen molar-refractivity contribution in [1.82, 2.24) is 10.2 Å². The smallest absolute Gasteiger partial charge is 0.225 e. The molecule has 1 fully saturated rings. The standard InChI is InChI=1S/C21H31FN2O2/c1-3-4-5-6-7-16(2)23-21(26)18-14-20(25)24(15-18)13-12-17-8-10-19(22)11-9-17/h8-11,16,18H,3-7,12-15H2,1-2H3,(H,23,26)/t16-,18-/m1/s1. The lowest BCUT2D eigenvalue weighted by Gasteiger charge is -2.18. The van der Waals surface area contributed by atoms with Crippen LogP contribution in [0.25, 0.3) is 0 Å². The first-order valence-corrected chi connectivity index (χ1v) is 9.82. The van der Waals surface area contributed by atoms with Crippen LogP contribution in [0.2, 0.25) is 0 Å². The van der Waals surface area contributed by atoms with Gasteiger partial charge in [0.15, 0.2) is 0 Å². The summed E-state index contributed by atoms with van der Waals surface area (Å²) in [6.45, 7) is 5.27. The van der Waals surface area contributed by atoms with Gasteiger partial charge in [0.25, 0.3) is 0 Å². The Morgan fingerprint density at radius 2 is 2.00 bits per heavy atom. The predicted octanol–water partition coefficient (Wildman–Crippen LogP) is 3.69. The molecule has 26 heavy (non-hydrogen) atoms. The summed E-state index contributed by atoms with van der Waals surface area (Å²) in [6, 6.07) is 6.49. The molecule has 1 aromatic carbocycles. The number of amides is 2. The summed E-state index contributed by atoms with van der Waals surface area (Å²) in [7, 11) is 0. The number of unbranched alkanes of at least 4 members (excludes halogenated alkanes) is 3. The van der Waals surface area contributed by atoms with Gasteiger partial charge in [-0.25, -0.2) is 4.39 Å². The summed E-state index contributed by atoms with van der Waals surface area (Å²) < 4.78 is 12.9. The highest BCUT2D eigenvalue weighted by atomic mass is 19.1. The fourth-order valence-electron chi connectivity index (χ4n) is 3.39. The Hall–Kier alpha value is -1.91. The molecule has 0 spiro atoms. The van der Waals surface area contributed by atoms with E-state index in [0.29, 0.717) is 19.5 Å². The van der Waals surface area contributed by atoms with Gasteiger partial charge in [-0.1, -0.05) is 44.7 Å². The molecule has 1 aromatic rings. The SMILES string of the molecule is CCCCCC[C@@H](C)NC(=O)[C@@H]1CC(=O)N(CCc2ccc(F)cc2)C1. The molecular formula is C21H31FN2O2. The number of likely N-dealkylation sites (tertiary alicyclic amines) is 1. The van der Waals surface area contributed by atoms with Crippen LogP contribution >= 0.6 is 0 Å². The normalized spacial score (nSPS) is 18.2. The van der Waals surface area contributed by atoms with Gasteiger partial charge in [-0.05, 0) is 37.5 Å². The molecule has 4 nitrogen and oxygen atoms in total. The van der Waals surface area contributed by atoms with Crippen LogP contribution in [0, 0.1) is 11.7 Å². The Kier molecular flexibility index (Phi) is 8.07. The summed E-state index contributed by atoms with van der Waals surface area (Å²) >= 11 is 0.